The number of hydrogen-bond acceptors (Lipinski definition) is 6. The summed E-state index contributed by atoms with van der Waals surface area (Å²) in [5, 5.41) is 2.94. The number of ether oxygens (including phenoxy) is 2. The molecule has 0 aliphatic heterocycles. The van der Waals surface area contributed by atoms with Gasteiger partial charge in [-0.05, 0) is 49.4 Å². The van der Waals surface area contributed by atoms with E-state index in [9.17, 15) is 22.8 Å². The summed E-state index contributed by atoms with van der Waals surface area (Å²) in [6.45, 7) is 1.56. The maximum Gasteiger partial charge on any atom is 0.573 e. The molecule has 1 unspecified atom stereocenters. The molecule has 0 aliphatic carbocycles. The van der Waals surface area contributed by atoms with E-state index in [1.807, 2.05) is 0 Å². The number of nitrogens with one attached hydrogen (secondary N) is 2. The average molecular weight is 436 g/mol. The summed E-state index contributed by atoms with van der Waals surface area (Å²) in [5.41, 5.74) is 1.95. The van der Waals surface area contributed by atoms with Crippen LogP contribution in [0.4, 0.5) is 24.8 Å². The number of aromatic amines is 1. The van der Waals surface area contributed by atoms with Crippen LogP contribution in [0.1, 0.15) is 17.3 Å². The fourth-order valence-corrected chi connectivity index (χ4v) is 2.79. The molecule has 8 nitrogen and oxygen atoms in total. The number of nitrogens with zero attached hydrogens (tertiary/aromatic N) is 2. The van der Waals surface area contributed by atoms with Gasteiger partial charge in [0.15, 0.2) is 0 Å². The topological polar surface area (TPSA) is 96.6 Å². The van der Waals surface area contributed by atoms with Crippen LogP contribution < -0.4 is 10.1 Å². The van der Waals surface area contributed by atoms with Crippen molar-refractivity contribution in [2.45, 2.75) is 19.3 Å². The molecule has 3 aromatic rings. The Bertz CT molecular complexity index is 1100. The van der Waals surface area contributed by atoms with Crippen LogP contribution in [0.2, 0.25) is 0 Å². The minimum absolute atomic E-state index is 0.334. The predicted molar refractivity (Wildman–Crippen MR) is 106 cm³/mol. The van der Waals surface area contributed by atoms with Gasteiger partial charge in [-0.1, -0.05) is 0 Å². The number of aromatic nitrogens is 2. The van der Waals surface area contributed by atoms with E-state index in [2.05, 4.69) is 24.8 Å². The summed E-state index contributed by atoms with van der Waals surface area (Å²) in [6.07, 6.45) is -4.76. The SMILES string of the molecule is COC(=O)C(C)N(C)C(=O)c1ccc2nc(Nc3ccc(OC(F)(F)F)cc3)[nH]c2c1. The molecule has 1 atom stereocenters. The molecule has 0 spiro atoms. The van der Waals surface area contributed by atoms with Crippen molar-refractivity contribution in [3.63, 3.8) is 0 Å². The summed E-state index contributed by atoms with van der Waals surface area (Å²) in [4.78, 5) is 32.9. The van der Waals surface area contributed by atoms with E-state index < -0.39 is 18.4 Å². The van der Waals surface area contributed by atoms with Gasteiger partial charge in [-0.2, -0.15) is 0 Å². The second-order valence-electron chi connectivity index (χ2n) is 6.63. The lowest BCUT2D eigenvalue weighted by molar-refractivity contribution is -0.274. The van der Waals surface area contributed by atoms with Gasteiger partial charge < -0.3 is 24.7 Å². The summed E-state index contributed by atoms with van der Waals surface area (Å²) in [6, 6.07) is 9.23. The van der Waals surface area contributed by atoms with Crippen LogP contribution in [0.15, 0.2) is 42.5 Å². The van der Waals surface area contributed by atoms with Crippen LogP contribution in [-0.2, 0) is 9.53 Å². The minimum Gasteiger partial charge on any atom is -0.467 e. The Morgan fingerprint density at radius 1 is 1.16 bits per heavy atom. The van der Waals surface area contributed by atoms with Crippen molar-refractivity contribution < 1.29 is 32.2 Å². The Balaban J connectivity index is 1.75. The van der Waals surface area contributed by atoms with Gasteiger partial charge in [0.2, 0.25) is 5.95 Å². The van der Waals surface area contributed by atoms with E-state index in [4.69, 9.17) is 0 Å². The second kappa shape index (κ2) is 8.54. The number of methoxy groups -OCH3 is 1. The summed E-state index contributed by atoms with van der Waals surface area (Å²) < 4.78 is 45.2. The van der Waals surface area contributed by atoms with Crippen LogP contribution >= 0.6 is 0 Å². The Morgan fingerprint density at radius 2 is 1.84 bits per heavy atom. The van der Waals surface area contributed by atoms with Crippen molar-refractivity contribution in [1.82, 2.24) is 14.9 Å². The van der Waals surface area contributed by atoms with Crippen molar-refractivity contribution in [3.05, 3.63) is 48.0 Å². The molecule has 3 rings (SSSR count). The number of carbonyl (C=O) groups excluding carboxylic acids is 2. The summed E-state index contributed by atoms with van der Waals surface area (Å²) in [5.74, 6) is -0.905. The highest BCUT2D eigenvalue weighted by atomic mass is 19.4. The minimum atomic E-state index is -4.76. The molecule has 1 amide bonds. The normalized spacial score (nSPS) is 12.3. The molecule has 0 fully saturated rings. The Hall–Kier alpha value is -3.76. The highest BCUT2D eigenvalue weighted by molar-refractivity contribution is 5.99. The first-order valence-electron chi connectivity index (χ1n) is 9.05. The standard InChI is InChI=1S/C20H19F3N4O4/c1-11(18(29)30-3)27(2)17(28)12-4-9-15-16(10-12)26-19(25-15)24-13-5-7-14(8-6-13)31-20(21,22)23/h4-11H,1-3H3,(H2,24,25,26). The monoisotopic (exact) mass is 436 g/mol. The van der Waals surface area contributed by atoms with Gasteiger partial charge >= 0.3 is 12.3 Å². The average Bonchev–Trinajstić information content (AvgIpc) is 3.13. The molecule has 2 N–H and O–H groups in total. The number of hydrogen-bond donors (Lipinski definition) is 2. The number of carbonyl (C=O) groups is 2. The van der Waals surface area contributed by atoms with E-state index >= 15 is 0 Å². The van der Waals surface area contributed by atoms with E-state index in [0.29, 0.717) is 28.2 Å². The number of H-pyrrole nitrogens is 1. The molecular weight excluding hydrogens is 417 g/mol. The van der Waals surface area contributed by atoms with Gasteiger partial charge in [0, 0.05) is 18.3 Å². The Labute approximate surface area is 175 Å². The maximum atomic E-state index is 12.7. The number of anilines is 2. The molecule has 0 saturated heterocycles. The fourth-order valence-electron chi connectivity index (χ4n) is 2.79. The zero-order valence-corrected chi connectivity index (χ0v) is 16.8. The Kier molecular flexibility index (Phi) is 6.04. The third-order valence-corrected chi connectivity index (χ3v) is 4.52. The number of benzene rings is 2. The number of rotatable bonds is 6. The first kappa shape index (κ1) is 21.9. The largest absolute Gasteiger partial charge is 0.573 e. The molecule has 0 aliphatic rings. The first-order valence-corrected chi connectivity index (χ1v) is 9.05. The molecular formula is C20H19F3N4O4. The quantitative estimate of drug-likeness (QED) is 0.570. The van der Waals surface area contributed by atoms with Crippen molar-refractivity contribution in [2.24, 2.45) is 0 Å². The van der Waals surface area contributed by atoms with Crippen LogP contribution in [0, 0.1) is 0 Å². The lowest BCUT2D eigenvalue weighted by Gasteiger charge is -2.22. The smallest absolute Gasteiger partial charge is 0.467 e. The predicted octanol–water partition coefficient (Wildman–Crippen LogP) is 3.84. The van der Waals surface area contributed by atoms with E-state index in [1.54, 1.807) is 25.1 Å². The van der Waals surface area contributed by atoms with Crippen molar-refractivity contribution >= 4 is 34.5 Å². The maximum absolute atomic E-state index is 12.7. The van der Waals surface area contributed by atoms with Gasteiger partial charge in [-0.25, -0.2) is 9.78 Å². The third kappa shape index (κ3) is 5.24. The van der Waals surface area contributed by atoms with Gasteiger partial charge in [0.05, 0.1) is 18.1 Å². The van der Waals surface area contributed by atoms with Crippen LogP contribution in [0.25, 0.3) is 11.0 Å². The molecule has 11 heteroatoms. The van der Waals surface area contributed by atoms with Gasteiger partial charge in [-0.3, -0.25) is 4.79 Å². The fraction of sp³-hybridized carbons (Fsp3) is 0.250. The molecule has 1 heterocycles. The molecule has 1 aromatic heterocycles. The number of amides is 1. The second-order valence-corrected chi connectivity index (χ2v) is 6.63. The van der Waals surface area contributed by atoms with Crippen molar-refractivity contribution in [2.75, 3.05) is 19.5 Å². The van der Waals surface area contributed by atoms with E-state index in [0.717, 1.165) is 0 Å². The molecule has 2 aromatic carbocycles. The highest BCUT2D eigenvalue weighted by Gasteiger charge is 2.31. The van der Waals surface area contributed by atoms with Gasteiger partial charge in [0.25, 0.3) is 5.91 Å². The number of alkyl halides is 3. The lowest BCUT2D eigenvalue weighted by atomic mass is 10.1. The molecule has 0 bridgehead atoms. The lowest BCUT2D eigenvalue weighted by Crippen LogP contribution is -2.40. The van der Waals surface area contributed by atoms with E-state index in [-0.39, 0.29) is 11.7 Å². The zero-order chi connectivity index (χ0) is 22.8. The Morgan fingerprint density at radius 3 is 2.45 bits per heavy atom. The van der Waals surface area contributed by atoms with Crippen LogP contribution in [-0.4, -0.2) is 53.3 Å². The molecule has 0 saturated carbocycles. The number of imidazole rings is 1. The number of fused-ring (bicyclic) bond motifs is 1. The summed E-state index contributed by atoms with van der Waals surface area (Å²) in [7, 11) is 2.75. The molecule has 164 valence electrons. The van der Waals surface area contributed by atoms with Crippen molar-refractivity contribution in [1.29, 1.82) is 0 Å². The van der Waals surface area contributed by atoms with Crippen LogP contribution in [0.3, 0.4) is 0 Å². The number of esters is 1. The summed E-state index contributed by atoms with van der Waals surface area (Å²) >= 11 is 0. The van der Waals surface area contributed by atoms with Gasteiger partial charge in [0.1, 0.15) is 11.8 Å². The molecule has 0 radical (unpaired) electrons. The van der Waals surface area contributed by atoms with E-state index in [1.165, 1.54) is 43.3 Å². The molecule has 31 heavy (non-hydrogen) atoms. The highest BCUT2D eigenvalue weighted by Crippen LogP contribution is 2.25. The van der Waals surface area contributed by atoms with Crippen molar-refractivity contribution in [3.8, 4) is 5.75 Å². The van der Waals surface area contributed by atoms with Gasteiger partial charge in [-0.15, -0.1) is 13.2 Å². The first-order chi connectivity index (χ1) is 14.6. The number of likely N-dealkylation sites (N-methyl/N-ethyl adjacent to an activating group) is 1. The zero-order valence-electron chi connectivity index (χ0n) is 16.8. The number of halogens is 3. The third-order valence-electron chi connectivity index (χ3n) is 4.52. The van der Waals surface area contributed by atoms with Crippen LogP contribution in [0.5, 0.6) is 5.75 Å².